The number of hydrogen-bond donors (Lipinski definition) is 1. The first-order valence-corrected chi connectivity index (χ1v) is 6.55. The van der Waals surface area contributed by atoms with E-state index < -0.39 is 10.8 Å². The second kappa shape index (κ2) is 5.01. The van der Waals surface area contributed by atoms with Gasteiger partial charge in [0.15, 0.2) is 0 Å². The fourth-order valence-corrected chi connectivity index (χ4v) is 2.81. The number of rotatable bonds is 3. The Morgan fingerprint density at radius 3 is 2.87 bits per heavy atom. The van der Waals surface area contributed by atoms with Gasteiger partial charge in [-0.2, -0.15) is 0 Å². The predicted octanol–water partition coefficient (Wildman–Crippen LogP) is 0.990. The van der Waals surface area contributed by atoms with E-state index in [2.05, 4.69) is 15.3 Å². The topological polar surface area (TPSA) is 54.9 Å². The van der Waals surface area contributed by atoms with Crippen LogP contribution >= 0.6 is 11.6 Å². The lowest BCUT2D eigenvalue weighted by atomic mass is 10.3. The van der Waals surface area contributed by atoms with E-state index in [-0.39, 0.29) is 0 Å². The van der Waals surface area contributed by atoms with Crippen LogP contribution < -0.4 is 5.32 Å². The molecule has 0 saturated carbocycles. The summed E-state index contributed by atoms with van der Waals surface area (Å²) in [7, 11) is -1.12. The smallest absolute Gasteiger partial charge is 0.218 e. The Morgan fingerprint density at radius 2 is 2.27 bits per heavy atom. The van der Waals surface area contributed by atoms with Gasteiger partial charge in [0.1, 0.15) is 0 Å². The van der Waals surface area contributed by atoms with Crippen molar-refractivity contribution in [2.24, 2.45) is 0 Å². The molecule has 2 atom stereocenters. The van der Waals surface area contributed by atoms with Gasteiger partial charge in [-0.1, -0.05) is 11.6 Å². The fraction of sp³-hybridized carbons (Fsp3) is 0.556. The lowest BCUT2D eigenvalue weighted by Gasteiger charge is -2.08. The molecule has 82 valence electrons. The van der Waals surface area contributed by atoms with Crippen LogP contribution in [0.2, 0.25) is 5.02 Å². The maximum absolute atomic E-state index is 11.8. The van der Waals surface area contributed by atoms with E-state index in [4.69, 9.17) is 11.6 Å². The van der Waals surface area contributed by atoms with Gasteiger partial charge in [0.25, 0.3) is 0 Å². The number of nitrogens with zero attached hydrogens (tertiary/aromatic N) is 2. The quantitative estimate of drug-likeness (QED) is 0.807. The molecule has 15 heavy (non-hydrogen) atoms. The number of aromatic nitrogens is 2. The third-order valence-electron chi connectivity index (χ3n) is 2.32. The summed E-state index contributed by atoms with van der Waals surface area (Å²) < 4.78 is 11.8. The highest BCUT2D eigenvalue weighted by Crippen LogP contribution is 2.10. The molecule has 0 amide bonds. The molecule has 4 nitrogen and oxygen atoms in total. The zero-order valence-corrected chi connectivity index (χ0v) is 9.72. The van der Waals surface area contributed by atoms with Crippen molar-refractivity contribution in [2.75, 3.05) is 12.3 Å². The summed E-state index contributed by atoms with van der Waals surface area (Å²) in [6.07, 6.45) is 5.19. The molecular weight excluding hydrogens is 234 g/mol. The van der Waals surface area contributed by atoms with Gasteiger partial charge in [-0.3, -0.25) is 4.21 Å². The van der Waals surface area contributed by atoms with E-state index in [0.29, 0.717) is 22.0 Å². The molecule has 0 unspecified atom stereocenters. The molecule has 2 rings (SSSR count). The van der Waals surface area contributed by atoms with Crippen molar-refractivity contribution in [3.8, 4) is 0 Å². The minimum atomic E-state index is -1.12. The monoisotopic (exact) mass is 245 g/mol. The largest absolute Gasteiger partial charge is 0.313 e. The molecule has 1 aliphatic heterocycles. The van der Waals surface area contributed by atoms with Gasteiger partial charge in [0, 0.05) is 11.8 Å². The highest BCUT2D eigenvalue weighted by atomic mass is 35.5. The maximum atomic E-state index is 11.8. The molecule has 0 bridgehead atoms. The fourth-order valence-electron chi connectivity index (χ4n) is 1.57. The highest BCUT2D eigenvalue weighted by molar-refractivity contribution is 7.84. The van der Waals surface area contributed by atoms with E-state index in [1.165, 1.54) is 12.4 Å². The van der Waals surface area contributed by atoms with Gasteiger partial charge in [0.05, 0.1) is 28.2 Å². The van der Waals surface area contributed by atoms with Crippen molar-refractivity contribution in [1.29, 1.82) is 0 Å². The molecule has 2 heterocycles. The highest BCUT2D eigenvalue weighted by Gasteiger charge is 2.18. The first-order chi connectivity index (χ1) is 7.25. The van der Waals surface area contributed by atoms with Gasteiger partial charge in [-0.15, -0.1) is 0 Å². The molecule has 1 saturated heterocycles. The summed E-state index contributed by atoms with van der Waals surface area (Å²) >= 11 is 5.65. The number of halogens is 1. The Morgan fingerprint density at radius 1 is 1.53 bits per heavy atom. The molecule has 0 radical (unpaired) electrons. The molecule has 0 aromatic carbocycles. The molecule has 0 spiro atoms. The van der Waals surface area contributed by atoms with E-state index in [0.717, 1.165) is 19.4 Å². The molecule has 1 aromatic rings. The van der Waals surface area contributed by atoms with Crippen LogP contribution in [0.1, 0.15) is 12.8 Å². The average molecular weight is 246 g/mol. The predicted molar refractivity (Wildman–Crippen MR) is 59.3 cm³/mol. The zero-order chi connectivity index (χ0) is 10.7. The summed E-state index contributed by atoms with van der Waals surface area (Å²) in [5.41, 5.74) is 0. The van der Waals surface area contributed by atoms with E-state index >= 15 is 0 Å². The molecular formula is C9H12ClN3OS. The third-order valence-corrected chi connectivity index (χ3v) is 3.83. The normalized spacial score (nSPS) is 22.9. The second-order valence-corrected chi connectivity index (χ2v) is 5.32. The van der Waals surface area contributed by atoms with Crippen molar-refractivity contribution >= 4 is 22.4 Å². The van der Waals surface area contributed by atoms with Crippen LogP contribution in [0.25, 0.3) is 0 Å². The minimum Gasteiger partial charge on any atom is -0.313 e. The van der Waals surface area contributed by atoms with Crippen molar-refractivity contribution in [3.63, 3.8) is 0 Å². The molecule has 1 aliphatic rings. The standard InChI is InChI=1S/C9H12ClN3OS/c10-7-4-12-9(13-5-7)15(14)6-8-2-1-3-11-8/h4-5,8,11H,1-3,6H2/t8-,15-/m0/s1. The van der Waals surface area contributed by atoms with Crippen LogP contribution in [0.15, 0.2) is 17.6 Å². The zero-order valence-electron chi connectivity index (χ0n) is 8.15. The Balaban J connectivity index is 1.98. The lowest BCUT2D eigenvalue weighted by molar-refractivity contribution is 0.638. The van der Waals surface area contributed by atoms with Crippen LogP contribution in [0.4, 0.5) is 0 Å². The Hall–Kier alpha value is -0.520. The second-order valence-electron chi connectivity index (χ2n) is 3.49. The van der Waals surface area contributed by atoms with Crippen LogP contribution in [-0.4, -0.2) is 32.5 Å². The summed E-state index contributed by atoms with van der Waals surface area (Å²) in [6, 6.07) is 0.338. The number of hydrogen-bond acceptors (Lipinski definition) is 4. The molecule has 0 aliphatic carbocycles. The summed E-state index contributed by atoms with van der Waals surface area (Å²) in [4.78, 5) is 7.90. The van der Waals surface area contributed by atoms with Crippen molar-refractivity contribution < 1.29 is 4.21 Å². The van der Waals surface area contributed by atoms with Gasteiger partial charge < -0.3 is 5.32 Å². The van der Waals surface area contributed by atoms with Crippen molar-refractivity contribution in [3.05, 3.63) is 17.4 Å². The van der Waals surface area contributed by atoms with Crippen LogP contribution in [0.3, 0.4) is 0 Å². The number of nitrogens with one attached hydrogen (secondary N) is 1. The Kier molecular flexibility index (Phi) is 3.66. The summed E-state index contributed by atoms with van der Waals surface area (Å²) in [5, 5.41) is 4.13. The first-order valence-electron chi connectivity index (χ1n) is 4.85. The average Bonchev–Trinajstić information content (AvgIpc) is 2.71. The lowest BCUT2D eigenvalue weighted by Crippen LogP contribution is -2.28. The van der Waals surface area contributed by atoms with Crippen molar-refractivity contribution in [1.82, 2.24) is 15.3 Å². The van der Waals surface area contributed by atoms with Gasteiger partial charge in [0.2, 0.25) is 5.16 Å². The van der Waals surface area contributed by atoms with E-state index in [9.17, 15) is 4.21 Å². The first kappa shape index (κ1) is 11.0. The van der Waals surface area contributed by atoms with Crippen LogP contribution in [0, 0.1) is 0 Å². The Bertz CT molecular complexity index is 351. The van der Waals surface area contributed by atoms with Gasteiger partial charge in [-0.05, 0) is 19.4 Å². The molecule has 6 heteroatoms. The summed E-state index contributed by atoms with van der Waals surface area (Å²) in [5.74, 6) is 0.585. The Labute approximate surface area is 95.9 Å². The SMILES string of the molecule is O=[S@@](C[C@@H]1CCCN1)c1ncc(Cl)cn1. The maximum Gasteiger partial charge on any atom is 0.218 e. The van der Waals surface area contributed by atoms with Gasteiger partial charge >= 0.3 is 0 Å². The van der Waals surface area contributed by atoms with Gasteiger partial charge in [-0.25, -0.2) is 9.97 Å². The molecule has 1 N–H and O–H groups in total. The van der Waals surface area contributed by atoms with E-state index in [1.807, 2.05) is 0 Å². The minimum absolute atomic E-state index is 0.338. The molecule has 1 aromatic heterocycles. The van der Waals surface area contributed by atoms with Crippen LogP contribution in [-0.2, 0) is 10.8 Å². The van der Waals surface area contributed by atoms with Crippen LogP contribution in [0.5, 0.6) is 0 Å². The van der Waals surface area contributed by atoms with Crippen molar-refractivity contribution in [2.45, 2.75) is 24.0 Å². The summed E-state index contributed by atoms with van der Waals surface area (Å²) in [6.45, 7) is 1.02. The van der Waals surface area contributed by atoms with E-state index in [1.54, 1.807) is 0 Å². The molecule has 1 fully saturated rings. The third kappa shape index (κ3) is 2.96.